The number of anilines is 1. The summed E-state index contributed by atoms with van der Waals surface area (Å²) >= 11 is 0. The van der Waals surface area contributed by atoms with Gasteiger partial charge in [0.2, 0.25) is 0 Å². The molecule has 3 nitrogen and oxygen atoms in total. The number of aliphatic hydroxyl groups excluding tert-OH is 1. The Bertz CT molecular complexity index is 532. The van der Waals surface area contributed by atoms with Crippen molar-refractivity contribution >= 4 is 5.69 Å². The van der Waals surface area contributed by atoms with E-state index in [1.165, 1.54) is 6.07 Å². The van der Waals surface area contributed by atoms with Gasteiger partial charge in [0.25, 0.3) is 0 Å². The standard InChI is InChI=1S/C12H10F6N2O/c13-11(14,15)4-9(6-21)20-8-2-1-7(5-19)10(3-8)12(16,17)18/h1-3,9,20-21H,4,6H2/t9-/m0/s1. The first-order chi connectivity index (χ1) is 9.56. The molecular weight excluding hydrogens is 302 g/mol. The minimum absolute atomic E-state index is 0.260. The van der Waals surface area contributed by atoms with Crippen LogP contribution in [0.3, 0.4) is 0 Å². The van der Waals surface area contributed by atoms with Gasteiger partial charge in [-0.1, -0.05) is 0 Å². The highest BCUT2D eigenvalue weighted by Gasteiger charge is 2.35. The van der Waals surface area contributed by atoms with Crippen LogP contribution in [0.1, 0.15) is 17.5 Å². The van der Waals surface area contributed by atoms with E-state index in [-0.39, 0.29) is 5.69 Å². The number of hydrogen-bond donors (Lipinski definition) is 2. The lowest BCUT2D eigenvalue weighted by molar-refractivity contribution is -0.139. The van der Waals surface area contributed by atoms with Gasteiger partial charge in [-0.05, 0) is 18.2 Å². The van der Waals surface area contributed by atoms with Gasteiger partial charge in [0.1, 0.15) is 0 Å². The van der Waals surface area contributed by atoms with Gasteiger partial charge in [0.15, 0.2) is 0 Å². The third-order valence-corrected chi connectivity index (χ3v) is 2.51. The van der Waals surface area contributed by atoms with E-state index < -0.39 is 42.5 Å². The van der Waals surface area contributed by atoms with Crippen molar-refractivity contribution in [3.63, 3.8) is 0 Å². The maximum atomic E-state index is 12.7. The van der Waals surface area contributed by atoms with E-state index in [0.717, 1.165) is 12.1 Å². The van der Waals surface area contributed by atoms with Crippen LogP contribution in [-0.2, 0) is 6.18 Å². The number of aliphatic hydroxyl groups is 1. The van der Waals surface area contributed by atoms with Gasteiger partial charge in [-0.3, -0.25) is 0 Å². The summed E-state index contributed by atoms with van der Waals surface area (Å²) < 4.78 is 74.7. The second-order valence-corrected chi connectivity index (χ2v) is 4.21. The van der Waals surface area contributed by atoms with Crippen molar-refractivity contribution in [2.75, 3.05) is 11.9 Å². The molecule has 1 rings (SSSR count). The molecule has 1 aromatic rings. The number of halogens is 6. The van der Waals surface area contributed by atoms with E-state index in [2.05, 4.69) is 5.32 Å². The van der Waals surface area contributed by atoms with Crippen molar-refractivity contribution in [1.29, 1.82) is 5.26 Å². The molecular formula is C12H10F6N2O. The molecule has 0 aliphatic carbocycles. The van der Waals surface area contributed by atoms with E-state index in [1.807, 2.05) is 0 Å². The van der Waals surface area contributed by atoms with E-state index in [9.17, 15) is 26.3 Å². The van der Waals surface area contributed by atoms with Crippen molar-refractivity contribution in [1.82, 2.24) is 0 Å². The molecule has 0 radical (unpaired) electrons. The van der Waals surface area contributed by atoms with Crippen molar-refractivity contribution in [3.8, 4) is 6.07 Å². The SMILES string of the molecule is N#Cc1ccc(N[C@H](CO)CC(F)(F)F)cc1C(F)(F)F. The molecule has 2 N–H and O–H groups in total. The summed E-state index contributed by atoms with van der Waals surface area (Å²) in [5.74, 6) is 0. The predicted molar refractivity (Wildman–Crippen MR) is 61.3 cm³/mol. The van der Waals surface area contributed by atoms with Gasteiger partial charge in [-0.2, -0.15) is 31.6 Å². The minimum atomic E-state index is -4.80. The van der Waals surface area contributed by atoms with Gasteiger partial charge >= 0.3 is 12.4 Å². The first kappa shape index (κ1) is 17.1. The lowest BCUT2D eigenvalue weighted by atomic mass is 10.1. The zero-order valence-electron chi connectivity index (χ0n) is 10.4. The van der Waals surface area contributed by atoms with E-state index in [4.69, 9.17) is 10.4 Å². The summed E-state index contributed by atoms with van der Waals surface area (Å²) in [6.07, 6.45) is -10.8. The molecule has 0 saturated carbocycles. The molecule has 0 spiro atoms. The van der Waals surface area contributed by atoms with Gasteiger partial charge in [0.05, 0.1) is 36.3 Å². The molecule has 0 heterocycles. The molecule has 1 aromatic carbocycles. The third-order valence-electron chi connectivity index (χ3n) is 2.51. The molecule has 0 fully saturated rings. The topological polar surface area (TPSA) is 56.0 Å². The maximum absolute atomic E-state index is 12.7. The normalized spacial score (nSPS) is 13.6. The molecule has 0 aromatic heterocycles. The smallest absolute Gasteiger partial charge is 0.394 e. The number of nitrogens with zero attached hydrogens (tertiary/aromatic N) is 1. The van der Waals surface area contributed by atoms with Crippen LogP contribution >= 0.6 is 0 Å². The zero-order valence-corrected chi connectivity index (χ0v) is 10.4. The van der Waals surface area contributed by atoms with Crippen molar-refractivity contribution in [2.24, 2.45) is 0 Å². The first-order valence-corrected chi connectivity index (χ1v) is 5.62. The van der Waals surface area contributed by atoms with Gasteiger partial charge in [0, 0.05) is 5.69 Å². The van der Waals surface area contributed by atoms with E-state index in [0.29, 0.717) is 6.07 Å². The molecule has 116 valence electrons. The number of alkyl halides is 6. The fourth-order valence-corrected chi connectivity index (χ4v) is 1.64. The van der Waals surface area contributed by atoms with Crippen LogP contribution in [-0.4, -0.2) is 23.9 Å². The summed E-state index contributed by atoms with van der Waals surface area (Å²) in [7, 11) is 0. The highest BCUT2D eigenvalue weighted by atomic mass is 19.4. The fourth-order valence-electron chi connectivity index (χ4n) is 1.64. The first-order valence-electron chi connectivity index (χ1n) is 5.62. The van der Waals surface area contributed by atoms with Crippen molar-refractivity contribution < 1.29 is 31.4 Å². The zero-order chi connectivity index (χ0) is 16.3. The predicted octanol–water partition coefficient (Wildman–Crippen LogP) is 3.30. The molecule has 0 saturated heterocycles. The van der Waals surface area contributed by atoms with Crippen LogP contribution in [0.2, 0.25) is 0 Å². The van der Waals surface area contributed by atoms with Gasteiger partial charge in [-0.25, -0.2) is 0 Å². The molecule has 0 amide bonds. The Morgan fingerprint density at radius 3 is 2.24 bits per heavy atom. The van der Waals surface area contributed by atoms with Crippen LogP contribution in [0.4, 0.5) is 32.0 Å². The number of benzene rings is 1. The van der Waals surface area contributed by atoms with Crippen LogP contribution < -0.4 is 5.32 Å². The van der Waals surface area contributed by atoms with E-state index >= 15 is 0 Å². The highest BCUT2D eigenvalue weighted by Crippen LogP contribution is 2.34. The van der Waals surface area contributed by atoms with E-state index in [1.54, 1.807) is 0 Å². The van der Waals surface area contributed by atoms with Crippen molar-refractivity contribution in [2.45, 2.75) is 24.8 Å². The minimum Gasteiger partial charge on any atom is -0.394 e. The molecule has 21 heavy (non-hydrogen) atoms. The average Bonchev–Trinajstić information content (AvgIpc) is 2.35. The Hall–Kier alpha value is -1.95. The number of rotatable bonds is 4. The number of nitrogens with one attached hydrogen (secondary N) is 1. The fraction of sp³-hybridized carbons (Fsp3) is 0.417. The quantitative estimate of drug-likeness (QED) is 0.839. The van der Waals surface area contributed by atoms with Gasteiger partial charge in [-0.15, -0.1) is 0 Å². The van der Waals surface area contributed by atoms with Crippen LogP contribution in [0.5, 0.6) is 0 Å². The van der Waals surface area contributed by atoms with Crippen LogP contribution in [0.25, 0.3) is 0 Å². The second-order valence-electron chi connectivity index (χ2n) is 4.21. The summed E-state index contributed by atoms with van der Waals surface area (Å²) in [6.45, 7) is -0.902. The van der Waals surface area contributed by atoms with Crippen molar-refractivity contribution in [3.05, 3.63) is 29.3 Å². The molecule has 0 unspecified atom stereocenters. The molecule has 0 aliphatic rings. The molecule has 0 bridgehead atoms. The Kier molecular flexibility index (Phi) is 5.06. The molecule has 1 atom stereocenters. The molecule has 9 heteroatoms. The molecule has 0 aliphatic heterocycles. The maximum Gasteiger partial charge on any atom is 0.417 e. The van der Waals surface area contributed by atoms with Crippen LogP contribution in [0.15, 0.2) is 18.2 Å². The van der Waals surface area contributed by atoms with Crippen LogP contribution in [0, 0.1) is 11.3 Å². The largest absolute Gasteiger partial charge is 0.417 e. The average molecular weight is 312 g/mol. The lowest BCUT2D eigenvalue weighted by Crippen LogP contribution is -2.30. The monoisotopic (exact) mass is 312 g/mol. The highest BCUT2D eigenvalue weighted by molar-refractivity contribution is 5.53. The number of hydrogen-bond acceptors (Lipinski definition) is 3. The van der Waals surface area contributed by atoms with Gasteiger partial charge < -0.3 is 10.4 Å². The Morgan fingerprint density at radius 1 is 1.19 bits per heavy atom. The third kappa shape index (κ3) is 5.15. The summed E-state index contributed by atoms with van der Waals surface area (Å²) in [4.78, 5) is 0. The Balaban J connectivity index is 3.02. The number of nitriles is 1. The summed E-state index contributed by atoms with van der Waals surface area (Å²) in [5.41, 5.74) is -2.15. The summed E-state index contributed by atoms with van der Waals surface area (Å²) in [5, 5.41) is 19.6. The second kappa shape index (κ2) is 6.22. The lowest BCUT2D eigenvalue weighted by Gasteiger charge is -2.20. The Morgan fingerprint density at radius 2 is 1.81 bits per heavy atom. The summed E-state index contributed by atoms with van der Waals surface area (Å²) in [6, 6.07) is 2.33. The Labute approximate surface area is 115 Å².